The van der Waals surface area contributed by atoms with Gasteiger partial charge in [-0.25, -0.2) is 0 Å². The predicted octanol–water partition coefficient (Wildman–Crippen LogP) is 1.17. The second-order valence-electron chi connectivity index (χ2n) is 5.63. The van der Waals surface area contributed by atoms with Crippen LogP contribution in [0.2, 0.25) is 0 Å². The number of benzene rings is 1. The molecule has 0 heterocycles. The molecule has 0 aliphatic heterocycles. The predicted molar refractivity (Wildman–Crippen MR) is 80.8 cm³/mol. The van der Waals surface area contributed by atoms with Gasteiger partial charge in [0.1, 0.15) is 5.54 Å². The van der Waals surface area contributed by atoms with E-state index in [1.54, 1.807) is 7.11 Å². The van der Waals surface area contributed by atoms with E-state index in [0.717, 1.165) is 18.4 Å². The Bertz CT molecular complexity index is 462. The second kappa shape index (κ2) is 7.02. The zero-order chi connectivity index (χ0) is 15.3. The third-order valence-electron chi connectivity index (χ3n) is 3.70. The van der Waals surface area contributed by atoms with Crippen molar-refractivity contribution in [1.82, 2.24) is 5.32 Å². The second-order valence-corrected chi connectivity index (χ2v) is 5.63. The van der Waals surface area contributed by atoms with Crippen LogP contribution in [0.15, 0.2) is 30.3 Å². The molecule has 3 N–H and O–H groups in total. The summed E-state index contributed by atoms with van der Waals surface area (Å²) in [5, 5.41) is 3.38. The Morgan fingerprint density at radius 3 is 2.62 bits per heavy atom. The minimum atomic E-state index is -0.982. The molecule has 2 rings (SSSR count). The van der Waals surface area contributed by atoms with Crippen LogP contribution in [0.4, 0.5) is 0 Å². The number of nitrogens with two attached hydrogens (primary N) is 1. The number of hydrogen-bond acceptors (Lipinski definition) is 4. The van der Waals surface area contributed by atoms with Crippen molar-refractivity contribution in [3.63, 3.8) is 0 Å². The van der Waals surface area contributed by atoms with Crippen LogP contribution >= 0.6 is 0 Å². The molecule has 2 atom stereocenters. The van der Waals surface area contributed by atoms with Crippen LogP contribution < -0.4 is 11.1 Å². The van der Waals surface area contributed by atoms with Gasteiger partial charge in [0.2, 0.25) is 5.91 Å². The van der Waals surface area contributed by atoms with Crippen LogP contribution in [0.5, 0.6) is 0 Å². The van der Waals surface area contributed by atoms with Gasteiger partial charge >= 0.3 is 0 Å². The Kier molecular flexibility index (Phi) is 5.33. The van der Waals surface area contributed by atoms with Crippen LogP contribution in [0, 0.1) is 0 Å². The number of amides is 1. The lowest BCUT2D eigenvalue weighted by atomic mass is 9.89. The minimum Gasteiger partial charge on any atom is -0.382 e. The van der Waals surface area contributed by atoms with E-state index in [9.17, 15) is 4.79 Å². The molecule has 1 aliphatic carbocycles. The van der Waals surface area contributed by atoms with E-state index in [1.807, 2.05) is 37.3 Å². The van der Waals surface area contributed by atoms with E-state index in [2.05, 4.69) is 5.32 Å². The maximum Gasteiger partial charge on any atom is 0.244 e. The fourth-order valence-electron chi connectivity index (χ4n) is 2.34. The molecule has 0 saturated heterocycles. The van der Waals surface area contributed by atoms with Gasteiger partial charge in [0, 0.05) is 13.2 Å². The number of nitrogens with one attached hydrogen (secondary N) is 1. The Balaban J connectivity index is 2.20. The summed E-state index contributed by atoms with van der Waals surface area (Å²) in [6.07, 6.45) is 2.03. The summed E-state index contributed by atoms with van der Waals surface area (Å²) in [5.41, 5.74) is 5.59. The topological polar surface area (TPSA) is 73.6 Å². The van der Waals surface area contributed by atoms with Crippen LogP contribution in [0.1, 0.15) is 25.3 Å². The van der Waals surface area contributed by atoms with Gasteiger partial charge in [-0.1, -0.05) is 30.3 Å². The highest BCUT2D eigenvalue weighted by Crippen LogP contribution is 2.29. The van der Waals surface area contributed by atoms with E-state index in [0.29, 0.717) is 12.6 Å². The lowest BCUT2D eigenvalue weighted by Crippen LogP contribution is -2.57. The zero-order valence-electron chi connectivity index (χ0n) is 12.7. The van der Waals surface area contributed by atoms with Crippen molar-refractivity contribution in [2.75, 3.05) is 20.3 Å². The molecular weight excluding hydrogens is 268 g/mol. The lowest BCUT2D eigenvalue weighted by Gasteiger charge is -2.33. The maximum atomic E-state index is 12.2. The van der Waals surface area contributed by atoms with Gasteiger partial charge in [-0.05, 0) is 25.3 Å². The van der Waals surface area contributed by atoms with Crippen LogP contribution in [0.3, 0.4) is 0 Å². The highest BCUT2D eigenvalue weighted by atomic mass is 16.5. The molecule has 0 aromatic heterocycles. The first-order valence-corrected chi connectivity index (χ1v) is 7.32. The molecule has 5 nitrogen and oxygen atoms in total. The molecule has 1 aromatic rings. The standard InChI is InChI=1S/C16H24N2O3/c1-12(10-20-2)21-11-16(15(17)19,18-14-8-9-14)13-6-4-3-5-7-13/h3-7,12,14,18H,8-11H2,1-2H3,(H2,17,19). The lowest BCUT2D eigenvalue weighted by molar-refractivity contribution is -0.129. The van der Waals surface area contributed by atoms with Crippen LogP contribution in [-0.2, 0) is 19.8 Å². The van der Waals surface area contributed by atoms with Gasteiger partial charge in [-0.3, -0.25) is 10.1 Å². The largest absolute Gasteiger partial charge is 0.382 e. The van der Waals surface area contributed by atoms with Gasteiger partial charge in [-0.2, -0.15) is 0 Å². The first-order valence-electron chi connectivity index (χ1n) is 7.32. The molecule has 1 saturated carbocycles. The Morgan fingerprint density at radius 1 is 1.43 bits per heavy atom. The molecule has 0 spiro atoms. The average Bonchev–Trinajstić information content (AvgIpc) is 3.28. The Hall–Kier alpha value is -1.43. The zero-order valence-corrected chi connectivity index (χ0v) is 12.7. The van der Waals surface area contributed by atoms with Gasteiger partial charge in [0.15, 0.2) is 0 Å². The van der Waals surface area contributed by atoms with Crippen LogP contribution in [-0.4, -0.2) is 38.4 Å². The summed E-state index contributed by atoms with van der Waals surface area (Å²) in [7, 11) is 1.63. The summed E-state index contributed by atoms with van der Waals surface area (Å²) in [4.78, 5) is 12.2. The van der Waals surface area contributed by atoms with E-state index in [1.165, 1.54) is 0 Å². The Labute approximate surface area is 125 Å². The summed E-state index contributed by atoms with van der Waals surface area (Å²) in [5.74, 6) is -0.412. The fraction of sp³-hybridized carbons (Fsp3) is 0.562. The van der Waals surface area contributed by atoms with E-state index in [4.69, 9.17) is 15.2 Å². The van der Waals surface area contributed by atoms with E-state index < -0.39 is 11.4 Å². The molecule has 0 radical (unpaired) electrons. The molecule has 5 heteroatoms. The Morgan fingerprint density at radius 2 is 2.10 bits per heavy atom. The van der Waals surface area contributed by atoms with Crippen molar-refractivity contribution in [2.24, 2.45) is 5.73 Å². The highest BCUT2D eigenvalue weighted by Gasteiger charge is 2.43. The third kappa shape index (κ3) is 4.03. The molecular formula is C16H24N2O3. The molecule has 1 fully saturated rings. The van der Waals surface area contributed by atoms with Gasteiger partial charge in [-0.15, -0.1) is 0 Å². The normalized spacial score (nSPS) is 19.0. The van der Waals surface area contributed by atoms with Crippen molar-refractivity contribution in [1.29, 1.82) is 0 Å². The number of primary amides is 1. The number of carbonyl (C=O) groups excluding carboxylic acids is 1. The first-order chi connectivity index (χ1) is 10.1. The first kappa shape index (κ1) is 15.9. The molecule has 1 aliphatic rings. The molecule has 21 heavy (non-hydrogen) atoms. The van der Waals surface area contributed by atoms with Crippen LogP contribution in [0.25, 0.3) is 0 Å². The smallest absolute Gasteiger partial charge is 0.244 e. The quantitative estimate of drug-likeness (QED) is 0.716. The minimum absolute atomic E-state index is 0.0987. The molecule has 1 amide bonds. The maximum absolute atomic E-state index is 12.2. The molecule has 116 valence electrons. The highest BCUT2D eigenvalue weighted by molar-refractivity contribution is 5.86. The monoisotopic (exact) mass is 292 g/mol. The molecule has 2 unspecified atom stereocenters. The van der Waals surface area contributed by atoms with Crippen molar-refractivity contribution < 1.29 is 14.3 Å². The van der Waals surface area contributed by atoms with Gasteiger partial charge in [0.05, 0.1) is 19.3 Å². The fourth-order valence-corrected chi connectivity index (χ4v) is 2.34. The van der Waals surface area contributed by atoms with E-state index >= 15 is 0 Å². The van der Waals surface area contributed by atoms with E-state index in [-0.39, 0.29) is 12.7 Å². The van der Waals surface area contributed by atoms with Crippen molar-refractivity contribution in [2.45, 2.75) is 37.5 Å². The number of carbonyl (C=O) groups is 1. The van der Waals surface area contributed by atoms with Gasteiger partial charge in [0.25, 0.3) is 0 Å². The number of rotatable bonds is 9. The van der Waals surface area contributed by atoms with Crippen molar-refractivity contribution >= 4 is 5.91 Å². The molecule has 0 bridgehead atoms. The summed E-state index contributed by atoms with van der Waals surface area (Å²) < 4.78 is 10.9. The van der Waals surface area contributed by atoms with Crippen molar-refractivity contribution in [3.8, 4) is 0 Å². The van der Waals surface area contributed by atoms with Crippen molar-refractivity contribution in [3.05, 3.63) is 35.9 Å². The van der Waals surface area contributed by atoms with Gasteiger partial charge < -0.3 is 15.2 Å². The SMILES string of the molecule is COCC(C)OCC(NC1CC1)(C(N)=O)c1ccccc1. The number of methoxy groups -OCH3 is 1. The third-order valence-corrected chi connectivity index (χ3v) is 3.70. The summed E-state index contributed by atoms with van der Waals surface area (Å²) >= 11 is 0. The molecule has 1 aromatic carbocycles. The summed E-state index contributed by atoms with van der Waals surface area (Å²) in [6, 6.07) is 9.87. The summed E-state index contributed by atoms with van der Waals surface area (Å²) in [6.45, 7) is 2.60. The number of hydrogen-bond donors (Lipinski definition) is 2. The number of ether oxygens (including phenoxy) is 2. The average molecular weight is 292 g/mol.